The topological polar surface area (TPSA) is 72.6 Å². The molecule has 2 N–H and O–H groups in total. The first kappa shape index (κ1) is 17.2. The number of primary amides is 1. The maximum atomic E-state index is 13.2. The minimum Gasteiger partial charge on any atom is -0.406 e. The first-order valence-electron chi connectivity index (χ1n) is 8.61. The second-order valence-electron chi connectivity index (χ2n) is 7.71. The quantitative estimate of drug-likeness (QED) is 0.887. The van der Waals surface area contributed by atoms with Gasteiger partial charge in [0.2, 0.25) is 11.8 Å². The number of rotatable bonds is 4. The van der Waals surface area contributed by atoms with Crippen LogP contribution in [0.1, 0.15) is 37.7 Å². The Bertz CT molecular complexity index is 752. The Morgan fingerprint density at radius 3 is 2.19 bits per heavy atom. The molecule has 2 amide bonds. The first-order chi connectivity index (χ1) is 12.1. The molecule has 0 radical (unpaired) electrons. The van der Waals surface area contributed by atoms with Crippen LogP contribution in [0.15, 0.2) is 24.3 Å². The van der Waals surface area contributed by atoms with Crippen LogP contribution in [0.25, 0.3) is 0 Å². The highest BCUT2D eigenvalue weighted by molar-refractivity contribution is 5.95. The SMILES string of the molecule is NC(=O)C1CC2(CC2)CN1C(=O)C1(c2ccc(OC(F)(F)F)cc2)CC1. The van der Waals surface area contributed by atoms with Gasteiger partial charge in [-0.15, -0.1) is 13.2 Å². The summed E-state index contributed by atoms with van der Waals surface area (Å²) in [5.41, 5.74) is 5.43. The number of likely N-dealkylation sites (tertiary alicyclic amines) is 1. The van der Waals surface area contributed by atoms with Crippen LogP contribution >= 0.6 is 0 Å². The van der Waals surface area contributed by atoms with E-state index >= 15 is 0 Å². The molecule has 8 heteroatoms. The third kappa shape index (κ3) is 2.91. The molecule has 5 nitrogen and oxygen atoms in total. The van der Waals surface area contributed by atoms with Crippen molar-refractivity contribution in [2.24, 2.45) is 11.1 Å². The Labute approximate surface area is 148 Å². The number of halogens is 3. The van der Waals surface area contributed by atoms with E-state index in [2.05, 4.69) is 4.74 Å². The largest absolute Gasteiger partial charge is 0.573 e. The molecular formula is C18H19F3N2O3. The van der Waals surface area contributed by atoms with Gasteiger partial charge in [-0.05, 0) is 55.2 Å². The Morgan fingerprint density at radius 2 is 1.73 bits per heavy atom. The summed E-state index contributed by atoms with van der Waals surface area (Å²) in [6.07, 6.45) is -0.922. The van der Waals surface area contributed by atoms with E-state index < -0.39 is 23.7 Å². The normalized spacial score (nSPS) is 25.2. The van der Waals surface area contributed by atoms with E-state index in [1.54, 1.807) is 4.90 Å². The van der Waals surface area contributed by atoms with Gasteiger partial charge < -0.3 is 15.4 Å². The molecule has 1 atom stereocenters. The lowest BCUT2D eigenvalue weighted by Crippen LogP contribution is -2.47. The molecule has 1 saturated heterocycles. The zero-order chi connectivity index (χ0) is 18.7. The molecule has 1 aromatic rings. The van der Waals surface area contributed by atoms with Gasteiger partial charge in [0, 0.05) is 6.54 Å². The molecule has 1 aromatic carbocycles. The van der Waals surface area contributed by atoms with Crippen molar-refractivity contribution in [3.8, 4) is 5.75 Å². The molecule has 0 bridgehead atoms. The second kappa shape index (κ2) is 5.37. The summed E-state index contributed by atoms with van der Waals surface area (Å²) in [5, 5.41) is 0. The summed E-state index contributed by atoms with van der Waals surface area (Å²) in [5.74, 6) is -0.959. The minimum absolute atomic E-state index is 0.0375. The lowest BCUT2D eigenvalue weighted by Gasteiger charge is -2.27. The van der Waals surface area contributed by atoms with E-state index in [1.165, 1.54) is 24.3 Å². The van der Waals surface area contributed by atoms with Crippen molar-refractivity contribution in [2.75, 3.05) is 6.54 Å². The van der Waals surface area contributed by atoms with E-state index in [0.29, 0.717) is 31.4 Å². The number of carbonyl (C=O) groups excluding carboxylic acids is 2. The smallest absolute Gasteiger partial charge is 0.406 e. The van der Waals surface area contributed by atoms with Crippen LogP contribution in [0.5, 0.6) is 5.75 Å². The van der Waals surface area contributed by atoms with Crippen molar-refractivity contribution < 1.29 is 27.5 Å². The van der Waals surface area contributed by atoms with E-state index in [4.69, 9.17) is 5.73 Å². The molecule has 0 aromatic heterocycles. The maximum absolute atomic E-state index is 13.2. The zero-order valence-electron chi connectivity index (χ0n) is 14.0. The predicted octanol–water partition coefficient (Wildman–Crippen LogP) is 2.48. The highest BCUT2D eigenvalue weighted by atomic mass is 19.4. The van der Waals surface area contributed by atoms with Gasteiger partial charge in [0.15, 0.2) is 0 Å². The van der Waals surface area contributed by atoms with Gasteiger partial charge in [-0.3, -0.25) is 9.59 Å². The molecule has 1 aliphatic heterocycles. The molecule has 4 rings (SSSR count). The molecule has 140 valence electrons. The highest BCUT2D eigenvalue weighted by Gasteiger charge is 2.60. The molecule has 1 heterocycles. The van der Waals surface area contributed by atoms with Crippen LogP contribution in [0.3, 0.4) is 0 Å². The summed E-state index contributed by atoms with van der Waals surface area (Å²) < 4.78 is 40.8. The van der Waals surface area contributed by atoms with Gasteiger partial charge in [0.05, 0.1) is 5.41 Å². The zero-order valence-corrected chi connectivity index (χ0v) is 14.0. The predicted molar refractivity (Wildman–Crippen MR) is 85.0 cm³/mol. The van der Waals surface area contributed by atoms with Crippen molar-refractivity contribution in [1.29, 1.82) is 0 Å². The van der Waals surface area contributed by atoms with Crippen LogP contribution < -0.4 is 10.5 Å². The molecule has 1 spiro atoms. The monoisotopic (exact) mass is 368 g/mol. The summed E-state index contributed by atoms with van der Waals surface area (Å²) in [6, 6.07) is 4.83. The average molecular weight is 368 g/mol. The van der Waals surface area contributed by atoms with Gasteiger partial charge in [-0.25, -0.2) is 0 Å². The summed E-state index contributed by atoms with van der Waals surface area (Å²) in [4.78, 5) is 26.6. The standard InChI is InChI=1S/C18H19F3N2O3/c19-18(20,21)26-12-3-1-11(2-4-12)17(7-8-17)15(25)23-10-16(5-6-16)9-13(23)14(22)24/h1-4,13H,5-10H2,(H2,22,24). The van der Waals surface area contributed by atoms with Gasteiger partial charge >= 0.3 is 6.36 Å². The number of hydrogen-bond donors (Lipinski definition) is 1. The number of nitrogens with zero attached hydrogens (tertiary/aromatic N) is 1. The van der Waals surface area contributed by atoms with E-state index in [1.807, 2.05) is 0 Å². The van der Waals surface area contributed by atoms with Crippen molar-refractivity contribution in [3.63, 3.8) is 0 Å². The Balaban J connectivity index is 1.55. The molecular weight excluding hydrogens is 349 g/mol. The number of nitrogens with two attached hydrogens (primary N) is 1. The highest BCUT2D eigenvalue weighted by Crippen LogP contribution is 2.57. The second-order valence-corrected chi connectivity index (χ2v) is 7.71. The van der Waals surface area contributed by atoms with E-state index in [-0.39, 0.29) is 17.1 Å². The van der Waals surface area contributed by atoms with Crippen LogP contribution in [0, 0.1) is 5.41 Å². The minimum atomic E-state index is -4.75. The summed E-state index contributed by atoms with van der Waals surface area (Å²) in [6.45, 7) is 0.538. The van der Waals surface area contributed by atoms with Crippen molar-refractivity contribution in [1.82, 2.24) is 4.90 Å². The van der Waals surface area contributed by atoms with Crippen LogP contribution in [0.2, 0.25) is 0 Å². The molecule has 26 heavy (non-hydrogen) atoms. The number of carbonyl (C=O) groups is 2. The third-order valence-electron chi connectivity index (χ3n) is 5.85. The lowest BCUT2D eigenvalue weighted by molar-refractivity contribution is -0.274. The summed E-state index contributed by atoms with van der Waals surface area (Å²) in [7, 11) is 0. The fourth-order valence-electron chi connectivity index (χ4n) is 4.06. The number of hydrogen-bond acceptors (Lipinski definition) is 3. The number of benzene rings is 1. The van der Waals surface area contributed by atoms with Gasteiger partial charge in [0.25, 0.3) is 0 Å². The van der Waals surface area contributed by atoms with Crippen molar-refractivity contribution in [2.45, 2.75) is 49.9 Å². The number of ether oxygens (including phenoxy) is 1. The lowest BCUT2D eigenvalue weighted by atomic mass is 9.94. The third-order valence-corrected chi connectivity index (χ3v) is 5.85. The molecule has 3 aliphatic rings. The fraction of sp³-hybridized carbons (Fsp3) is 0.556. The summed E-state index contributed by atoms with van der Waals surface area (Å²) >= 11 is 0. The van der Waals surface area contributed by atoms with Crippen LogP contribution in [-0.4, -0.2) is 35.7 Å². The Kier molecular flexibility index (Phi) is 3.55. The van der Waals surface area contributed by atoms with E-state index in [0.717, 1.165) is 12.8 Å². The first-order valence-corrected chi connectivity index (χ1v) is 8.61. The van der Waals surface area contributed by atoms with Gasteiger partial charge in [-0.1, -0.05) is 12.1 Å². The molecule has 1 unspecified atom stereocenters. The molecule has 2 saturated carbocycles. The van der Waals surface area contributed by atoms with Crippen molar-refractivity contribution in [3.05, 3.63) is 29.8 Å². The van der Waals surface area contributed by atoms with Crippen LogP contribution in [0.4, 0.5) is 13.2 Å². The fourth-order valence-corrected chi connectivity index (χ4v) is 4.06. The molecule has 2 aliphatic carbocycles. The Morgan fingerprint density at radius 1 is 1.12 bits per heavy atom. The number of alkyl halides is 3. The number of amides is 2. The molecule has 3 fully saturated rings. The average Bonchev–Trinajstić information content (AvgIpc) is 3.44. The van der Waals surface area contributed by atoms with Gasteiger partial charge in [0.1, 0.15) is 11.8 Å². The Hall–Kier alpha value is -2.25. The van der Waals surface area contributed by atoms with Gasteiger partial charge in [-0.2, -0.15) is 0 Å². The maximum Gasteiger partial charge on any atom is 0.573 e. The van der Waals surface area contributed by atoms with Crippen LogP contribution in [-0.2, 0) is 15.0 Å². The van der Waals surface area contributed by atoms with E-state index in [9.17, 15) is 22.8 Å². The van der Waals surface area contributed by atoms with Crippen molar-refractivity contribution >= 4 is 11.8 Å².